The van der Waals surface area contributed by atoms with Crippen LogP contribution in [0.2, 0.25) is 0 Å². The summed E-state index contributed by atoms with van der Waals surface area (Å²) in [5, 5.41) is 0. The van der Waals surface area contributed by atoms with Crippen molar-refractivity contribution in [2.24, 2.45) is 23.2 Å². The van der Waals surface area contributed by atoms with Gasteiger partial charge < -0.3 is 4.90 Å². The molecule has 110 valence electrons. The second kappa shape index (κ2) is 5.76. The molecule has 0 atom stereocenters. The van der Waals surface area contributed by atoms with E-state index in [1.54, 1.807) is 25.7 Å². The molecule has 2 saturated carbocycles. The Morgan fingerprint density at radius 2 is 1.58 bits per heavy atom. The van der Waals surface area contributed by atoms with Gasteiger partial charge in [0.2, 0.25) is 0 Å². The van der Waals surface area contributed by atoms with Crippen molar-refractivity contribution in [1.82, 2.24) is 4.90 Å². The van der Waals surface area contributed by atoms with Gasteiger partial charge in [-0.15, -0.1) is 0 Å². The van der Waals surface area contributed by atoms with Crippen LogP contribution in [0.5, 0.6) is 0 Å². The molecule has 3 aliphatic rings. The van der Waals surface area contributed by atoms with Crippen molar-refractivity contribution < 1.29 is 0 Å². The minimum Gasteiger partial charge on any atom is -0.303 e. The maximum atomic E-state index is 2.76. The second-order valence-corrected chi connectivity index (χ2v) is 8.11. The third-order valence-corrected chi connectivity index (χ3v) is 6.58. The van der Waals surface area contributed by atoms with Crippen LogP contribution in [-0.4, -0.2) is 24.5 Å². The summed E-state index contributed by atoms with van der Waals surface area (Å²) in [5.41, 5.74) is 0.827. The number of likely N-dealkylation sites (tertiary alicyclic amines) is 1. The molecule has 1 nitrogen and oxygen atoms in total. The Morgan fingerprint density at radius 3 is 2.16 bits per heavy atom. The van der Waals surface area contributed by atoms with Gasteiger partial charge in [0.15, 0.2) is 0 Å². The Bertz CT molecular complexity index is 274. The van der Waals surface area contributed by atoms with Gasteiger partial charge in [-0.2, -0.15) is 0 Å². The molecule has 1 heteroatoms. The molecule has 0 aromatic heterocycles. The Balaban J connectivity index is 1.39. The summed E-state index contributed by atoms with van der Waals surface area (Å²) >= 11 is 0. The van der Waals surface area contributed by atoms with E-state index in [1.807, 2.05) is 0 Å². The average molecular weight is 263 g/mol. The quantitative estimate of drug-likeness (QED) is 0.712. The molecule has 3 rings (SSSR count). The smallest absolute Gasteiger partial charge is 0.000967 e. The van der Waals surface area contributed by atoms with Crippen LogP contribution >= 0.6 is 0 Å². The van der Waals surface area contributed by atoms with Crippen molar-refractivity contribution in [3.63, 3.8) is 0 Å². The van der Waals surface area contributed by atoms with Gasteiger partial charge in [0.05, 0.1) is 0 Å². The van der Waals surface area contributed by atoms with Gasteiger partial charge in [0.25, 0.3) is 0 Å². The molecule has 0 unspecified atom stereocenters. The normalized spacial score (nSPS) is 41.4. The molecule has 2 aliphatic carbocycles. The van der Waals surface area contributed by atoms with Gasteiger partial charge in [-0.3, -0.25) is 0 Å². The molecule has 0 amide bonds. The fourth-order valence-corrected chi connectivity index (χ4v) is 4.94. The van der Waals surface area contributed by atoms with Crippen molar-refractivity contribution >= 4 is 0 Å². The Kier molecular flexibility index (Phi) is 4.22. The summed E-state index contributed by atoms with van der Waals surface area (Å²) in [6.45, 7) is 8.96. The van der Waals surface area contributed by atoms with E-state index in [9.17, 15) is 0 Å². The average Bonchev–Trinajstić information content (AvgIpc) is 2.40. The van der Waals surface area contributed by atoms with Gasteiger partial charge in [-0.1, -0.05) is 20.3 Å². The van der Waals surface area contributed by atoms with Crippen LogP contribution in [0.4, 0.5) is 0 Å². The van der Waals surface area contributed by atoms with Gasteiger partial charge >= 0.3 is 0 Å². The third-order valence-electron chi connectivity index (χ3n) is 6.58. The van der Waals surface area contributed by atoms with E-state index in [2.05, 4.69) is 18.7 Å². The van der Waals surface area contributed by atoms with E-state index in [0.717, 1.165) is 23.2 Å². The number of hydrogen-bond acceptors (Lipinski definition) is 1. The van der Waals surface area contributed by atoms with Crippen molar-refractivity contribution in [1.29, 1.82) is 0 Å². The van der Waals surface area contributed by atoms with Crippen LogP contribution in [0.15, 0.2) is 0 Å². The predicted molar refractivity (Wildman–Crippen MR) is 82.2 cm³/mol. The topological polar surface area (TPSA) is 3.24 Å². The molecule has 0 radical (unpaired) electrons. The maximum Gasteiger partial charge on any atom is 0.000967 e. The third kappa shape index (κ3) is 3.17. The van der Waals surface area contributed by atoms with Crippen molar-refractivity contribution in [2.45, 2.75) is 71.6 Å². The molecule has 3 fully saturated rings. The van der Waals surface area contributed by atoms with Crippen LogP contribution in [0, 0.1) is 23.2 Å². The Morgan fingerprint density at radius 1 is 0.947 bits per heavy atom. The van der Waals surface area contributed by atoms with E-state index in [-0.39, 0.29) is 0 Å². The molecule has 1 heterocycles. The SMILES string of the molecule is CCC1CC2(CCC(CN3CCC(C)CC3)CC2)C1. The highest BCUT2D eigenvalue weighted by Crippen LogP contribution is 2.56. The lowest BCUT2D eigenvalue weighted by Gasteiger charge is -2.52. The first kappa shape index (κ1) is 13.9. The molecule has 0 N–H and O–H groups in total. The summed E-state index contributed by atoms with van der Waals surface area (Å²) in [6, 6.07) is 0. The lowest BCUT2D eigenvalue weighted by Crippen LogP contribution is -2.43. The number of piperidine rings is 1. The van der Waals surface area contributed by atoms with Gasteiger partial charge in [-0.25, -0.2) is 0 Å². The summed E-state index contributed by atoms with van der Waals surface area (Å²) in [4.78, 5) is 2.76. The molecule has 0 aromatic carbocycles. The van der Waals surface area contributed by atoms with E-state index < -0.39 is 0 Å². The summed E-state index contributed by atoms with van der Waals surface area (Å²) in [7, 11) is 0. The molecular formula is C18H33N. The van der Waals surface area contributed by atoms with Crippen LogP contribution < -0.4 is 0 Å². The Labute approximate surface area is 120 Å². The van der Waals surface area contributed by atoms with Crippen molar-refractivity contribution in [2.75, 3.05) is 19.6 Å². The van der Waals surface area contributed by atoms with Crippen LogP contribution in [-0.2, 0) is 0 Å². The predicted octanol–water partition coefficient (Wildman–Crippen LogP) is 4.71. The zero-order chi connectivity index (χ0) is 13.3. The first-order valence-electron chi connectivity index (χ1n) is 8.91. The minimum atomic E-state index is 0.827. The molecule has 0 bridgehead atoms. The maximum absolute atomic E-state index is 2.76. The second-order valence-electron chi connectivity index (χ2n) is 8.11. The summed E-state index contributed by atoms with van der Waals surface area (Å²) in [6.07, 6.45) is 13.6. The van der Waals surface area contributed by atoms with Gasteiger partial charge in [0.1, 0.15) is 0 Å². The van der Waals surface area contributed by atoms with Gasteiger partial charge in [0, 0.05) is 6.54 Å². The number of rotatable bonds is 3. The molecule has 1 aliphatic heterocycles. The highest BCUT2D eigenvalue weighted by Gasteiger charge is 2.45. The fraction of sp³-hybridized carbons (Fsp3) is 1.00. The first-order valence-corrected chi connectivity index (χ1v) is 8.91. The zero-order valence-corrected chi connectivity index (χ0v) is 13.2. The standard InChI is InChI=1S/C18H33N/c1-3-16-12-18(13-16)8-4-17(5-9-18)14-19-10-6-15(2)7-11-19/h15-17H,3-14H2,1-2H3. The molecule has 1 saturated heterocycles. The lowest BCUT2D eigenvalue weighted by molar-refractivity contribution is -0.00751. The van der Waals surface area contributed by atoms with E-state index in [0.29, 0.717) is 0 Å². The van der Waals surface area contributed by atoms with Crippen LogP contribution in [0.3, 0.4) is 0 Å². The number of hydrogen-bond donors (Lipinski definition) is 0. The summed E-state index contributed by atoms with van der Waals surface area (Å²) in [5.74, 6) is 3.09. The van der Waals surface area contributed by atoms with Gasteiger partial charge in [-0.05, 0) is 87.6 Å². The van der Waals surface area contributed by atoms with Crippen LogP contribution in [0.25, 0.3) is 0 Å². The van der Waals surface area contributed by atoms with Crippen LogP contribution in [0.1, 0.15) is 71.6 Å². The van der Waals surface area contributed by atoms with Crippen molar-refractivity contribution in [3.8, 4) is 0 Å². The molecule has 0 aromatic rings. The summed E-state index contributed by atoms with van der Waals surface area (Å²) < 4.78 is 0. The number of nitrogens with zero attached hydrogens (tertiary/aromatic N) is 1. The molecule has 19 heavy (non-hydrogen) atoms. The fourth-order valence-electron chi connectivity index (χ4n) is 4.94. The largest absolute Gasteiger partial charge is 0.303 e. The highest BCUT2D eigenvalue weighted by molar-refractivity contribution is 4.96. The van der Waals surface area contributed by atoms with Crippen molar-refractivity contribution in [3.05, 3.63) is 0 Å². The highest BCUT2D eigenvalue weighted by atomic mass is 15.1. The van der Waals surface area contributed by atoms with E-state index in [4.69, 9.17) is 0 Å². The monoisotopic (exact) mass is 263 g/mol. The van der Waals surface area contributed by atoms with E-state index in [1.165, 1.54) is 51.7 Å². The zero-order valence-electron chi connectivity index (χ0n) is 13.2. The first-order chi connectivity index (χ1) is 9.19. The molecular weight excluding hydrogens is 230 g/mol. The lowest BCUT2D eigenvalue weighted by atomic mass is 9.54. The Hall–Kier alpha value is -0.0400. The minimum absolute atomic E-state index is 0.827. The van der Waals surface area contributed by atoms with E-state index >= 15 is 0 Å². The molecule has 1 spiro atoms.